The Kier molecular flexibility index (Phi) is 5.81. The van der Waals surface area contributed by atoms with E-state index in [0.717, 1.165) is 25.0 Å². The SMILES string of the molecule is CC(C)c1ccc(OCc2n[nH]c(=S)n2/N=C\[C@@H]2CC=CCC2)cc1. The van der Waals surface area contributed by atoms with Gasteiger partial charge in [0.15, 0.2) is 5.82 Å². The zero-order valence-electron chi connectivity index (χ0n) is 14.7. The van der Waals surface area contributed by atoms with Gasteiger partial charge in [-0.15, -0.1) is 0 Å². The molecule has 5 nitrogen and oxygen atoms in total. The first-order valence-corrected chi connectivity index (χ1v) is 9.13. The van der Waals surface area contributed by atoms with Crippen LogP contribution in [0.25, 0.3) is 0 Å². The minimum atomic E-state index is 0.316. The van der Waals surface area contributed by atoms with Crippen molar-refractivity contribution >= 4 is 18.4 Å². The second-order valence-corrected chi connectivity index (χ2v) is 6.96. The zero-order chi connectivity index (χ0) is 17.6. The van der Waals surface area contributed by atoms with Crippen LogP contribution in [0, 0.1) is 10.7 Å². The molecule has 2 aromatic rings. The quantitative estimate of drug-likeness (QED) is 0.458. The minimum Gasteiger partial charge on any atom is -0.486 e. The zero-order valence-corrected chi connectivity index (χ0v) is 15.5. The van der Waals surface area contributed by atoms with Crippen molar-refractivity contribution in [2.24, 2.45) is 11.0 Å². The third-order valence-corrected chi connectivity index (χ3v) is 4.60. The molecule has 0 aliphatic heterocycles. The number of benzene rings is 1. The van der Waals surface area contributed by atoms with E-state index < -0.39 is 0 Å². The maximum absolute atomic E-state index is 5.84. The number of allylic oxidation sites excluding steroid dienone is 2. The van der Waals surface area contributed by atoms with Gasteiger partial charge in [0, 0.05) is 6.21 Å². The number of nitrogens with zero attached hydrogens (tertiary/aromatic N) is 3. The van der Waals surface area contributed by atoms with Gasteiger partial charge in [0.25, 0.3) is 0 Å². The van der Waals surface area contributed by atoms with Crippen molar-refractivity contribution in [3.8, 4) is 5.75 Å². The van der Waals surface area contributed by atoms with Crippen LogP contribution in [0.15, 0.2) is 41.5 Å². The van der Waals surface area contributed by atoms with Crippen molar-refractivity contribution in [3.05, 3.63) is 52.6 Å². The minimum absolute atomic E-state index is 0.316. The molecular formula is C19H24N4OS. The average molecular weight is 356 g/mol. The van der Waals surface area contributed by atoms with Gasteiger partial charge in [0.05, 0.1) is 0 Å². The van der Waals surface area contributed by atoms with Crippen LogP contribution < -0.4 is 4.74 Å². The Morgan fingerprint density at radius 1 is 1.36 bits per heavy atom. The Hall–Kier alpha value is -2.21. The third-order valence-electron chi connectivity index (χ3n) is 4.33. The maximum Gasteiger partial charge on any atom is 0.216 e. The highest BCUT2D eigenvalue weighted by Gasteiger charge is 2.10. The van der Waals surface area contributed by atoms with Crippen LogP contribution in [0.3, 0.4) is 0 Å². The molecular weight excluding hydrogens is 332 g/mol. The molecule has 0 saturated carbocycles. The van der Waals surface area contributed by atoms with E-state index >= 15 is 0 Å². The van der Waals surface area contributed by atoms with E-state index in [9.17, 15) is 0 Å². The summed E-state index contributed by atoms with van der Waals surface area (Å²) in [4.78, 5) is 0. The molecule has 25 heavy (non-hydrogen) atoms. The number of aromatic nitrogens is 3. The van der Waals surface area contributed by atoms with E-state index in [1.165, 1.54) is 5.56 Å². The second kappa shape index (κ2) is 8.25. The van der Waals surface area contributed by atoms with Gasteiger partial charge >= 0.3 is 0 Å². The van der Waals surface area contributed by atoms with Gasteiger partial charge in [-0.25, -0.2) is 5.10 Å². The van der Waals surface area contributed by atoms with E-state index in [0.29, 0.717) is 29.0 Å². The molecule has 0 amide bonds. The lowest BCUT2D eigenvalue weighted by molar-refractivity contribution is 0.290. The molecule has 1 heterocycles. The predicted octanol–water partition coefficient (Wildman–Crippen LogP) is 4.83. The maximum atomic E-state index is 5.84. The van der Waals surface area contributed by atoms with Crippen molar-refractivity contribution in [2.45, 2.75) is 45.6 Å². The van der Waals surface area contributed by atoms with Gasteiger partial charge in [-0.2, -0.15) is 14.9 Å². The molecule has 6 heteroatoms. The fourth-order valence-corrected chi connectivity index (χ4v) is 2.95. The van der Waals surface area contributed by atoms with Crippen molar-refractivity contribution in [3.63, 3.8) is 0 Å². The fourth-order valence-electron chi connectivity index (χ4n) is 2.75. The van der Waals surface area contributed by atoms with Gasteiger partial charge in [0.1, 0.15) is 12.4 Å². The number of ether oxygens (including phenoxy) is 1. The Bertz CT molecular complexity index is 802. The standard InChI is InChI=1S/C19H24N4OS/c1-14(2)16-8-10-17(11-9-16)24-13-18-21-22-19(25)23(18)20-12-15-6-4-3-5-7-15/h3-4,8-12,14-15H,5-7,13H2,1-2H3,(H,22,25)/b20-12-/t15-/m1/s1. The molecule has 0 unspecified atom stereocenters. The summed E-state index contributed by atoms with van der Waals surface area (Å²) in [6, 6.07) is 8.15. The van der Waals surface area contributed by atoms with Crippen LogP contribution in [0.1, 0.15) is 50.4 Å². The molecule has 1 aromatic heterocycles. The monoisotopic (exact) mass is 356 g/mol. The molecule has 1 aromatic carbocycles. The van der Waals surface area contributed by atoms with Gasteiger partial charge in [-0.3, -0.25) is 0 Å². The van der Waals surface area contributed by atoms with Crippen molar-refractivity contribution < 1.29 is 4.74 Å². The van der Waals surface area contributed by atoms with E-state index in [1.807, 2.05) is 18.3 Å². The Balaban J connectivity index is 1.65. The summed E-state index contributed by atoms with van der Waals surface area (Å²) in [5.74, 6) is 2.44. The van der Waals surface area contributed by atoms with Crippen LogP contribution in [0.4, 0.5) is 0 Å². The second-order valence-electron chi connectivity index (χ2n) is 6.58. The summed E-state index contributed by atoms with van der Waals surface area (Å²) < 4.78 is 7.97. The van der Waals surface area contributed by atoms with E-state index in [1.54, 1.807) is 4.68 Å². The van der Waals surface area contributed by atoms with Gasteiger partial charge in [-0.1, -0.05) is 38.1 Å². The van der Waals surface area contributed by atoms with Crippen LogP contribution in [0.5, 0.6) is 5.75 Å². The molecule has 0 radical (unpaired) electrons. The average Bonchev–Trinajstić information content (AvgIpc) is 2.99. The highest BCUT2D eigenvalue weighted by Crippen LogP contribution is 2.19. The van der Waals surface area contributed by atoms with Gasteiger partial charge in [-0.05, 0) is 61.0 Å². The molecule has 3 rings (SSSR count). The summed E-state index contributed by atoms with van der Waals surface area (Å²) in [7, 11) is 0. The lowest BCUT2D eigenvalue weighted by Gasteiger charge is -2.12. The summed E-state index contributed by atoms with van der Waals surface area (Å²) in [5.41, 5.74) is 1.29. The van der Waals surface area contributed by atoms with E-state index in [-0.39, 0.29) is 0 Å². The summed E-state index contributed by atoms with van der Waals surface area (Å²) >= 11 is 5.28. The number of H-pyrrole nitrogens is 1. The molecule has 0 saturated heterocycles. The molecule has 0 spiro atoms. The first kappa shape index (κ1) is 17.6. The van der Waals surface area contributed by atoms with Crippen LogP contribution in [0.2, 0.25) is 0 Å². The smallest absolute Gasteiger partial charge is 0.216 e. The molecule has 1 aliphatic carbocycles. The highest BCUT2D eigenvalue weighted by atomic mass is 32.1. The first-order valence-electron chi connectivity index (χ1n) is 8.72. The third kappa shape index (κ3) is 4.66. The molecule has 1 N–H and O–H groups in total. The molecule has 0 fully saturated rings. The Labute approximate surface area is 153 Å². The van der Waals surface area contributed by atoms with Crippen LogP contribution in [-0.4, -0.2) is 21.1 Å². The molecule has 1 aliphatic rings. The summed E-state index contributed by atoms with van der Waals surface area (Å²) in [6.45, 7) is 4.66. The van der Waals surface area contributed by atoms with Crippen molar-refractivity contribution in [1.82, 2.24) is 14.9 Å². The molecule has 132 valence electrons. The molecule has 1 atom stereocenters. The summed E-state index contributed by atoms with van der Waals surface area (Å²) in [5, 5.41) is 11.5. The van der Waals surface area contributed by atoms with Crippen molar-refractivity contribution in [1.29, 1.82) is 0 Å². The van der Waals surface area contributed by atoms with E-state index in [2.05, 4.69) is 53.4 Å². The van der Waals surface area contributed by atoms with E-state index in [4.69, 9.17) is 17.0 Å². The number of hydrogen-bond acceptors (Lipinski definition) is 4. The number of nitrogens with one attached hydrogen (secondary N) is 1. The number of aromatic amines is 1. The van der Waals surface area contributed by atoms with Gasteiger partial charge < -0.3 is 4.74 Å². The topological polar surface area (TPSA) is 55.2 Å². The van der Waals surface area contributed by atoms with Crippen LogP contribution in [-0.2, 0) is 6.61 Å². The Morgan fingerprint density at radius 2 is 2.16 bits per heavy atom. The fraction of sp³-hybridized carbons (Fsp3) is 0.421. The van der Waals surface area contributed by atoms with Crippen LogP contribution >= 0.6 is 12.2 Å². The van der Waals surface area contributed by atoms with Gasteiger partial charge in [0.2, 0.25) is 4.77 Å². The Morgan fingerprint density at radius 3 is 2.84 bits per heavy atom. The normalized spacial score (nSPS) is 17.5. The van der Waals surface area contributed by atoms with Crippen molar-refractivity contribution in [2.75, 3.05) is 0 Å². The largest absolute Gasteiger partial charge is 0.486 e. The highest BCUT2D eigenvalue weighted by molar-refractivity contribution is 7.71. The lowest BCUT2D eigenvalue weighted by atomic mass is 9.96. The molecule has 0 bridgehead atoms. The first-order chi connectivity index (χ1) is 12.1. The number of hydrogen-bond donors (Lipinski definition) is 1. The number of rotatable bonds is 6. The lowest BCUT2D eigenvalue weighted by Crippen LogP contribution is -2.08. The summed E-state index contributed by atoms with van der Waals surface area (Å²) in [6.07, 6.45) is 9.66. The predicted molar refractivity (Wildman–Crippen MR) is 103 cm³/mol.